The number of ether oxygens (including phenoxy) is 5. The van der Waals surface area contributed by atoms with E-state index in [9.17, 15) is 24.3 Å². The van der Waals surface area contributed by atoms with Gasteiger partial charge in [-0.15, -0.1) is 0 Å². The predicted molar refractivity (Wildman–Crippen MR) is 132 cm³/mol. The number of benzene rings is 1. The van der Waals surface area contributed by atoms with Gasteiger partial charge in [0, 0.05) is 5.56 Å². The van der Waals surface area contributed by atoms with Gasteiger partial charge in [-0.25, -0.2) is 9.59 Å². The third-order valence-corrected chi connectivity index (χ3v) is 8.51. The highest BCUT2D eigenvalue weighted by Crippen LogP contribution is 2.67. The molecule has 1 saturated carbocycles. The Morgan fingerprint density at radius 2 is 1.85 bits per heavy atom. The summed E-state index contributed by atoms with van der Waals surface area (Å²) in [7, 11) is 1.56. The summed E-state index contributed by atoms with van der Waals surface area (Å²) in [5.41, 5.74) is 0.250. The van der Waals surface area contributed by atoms with Crippen molar-refractivity contribution in [2.24, 2.45) is 5.92 Å². The topological polar surface area (TPSA) is 155 Å². The molecule has 210 valence electrons. The van der Waals surface area contributed by atoms with E-state index in [1.165, 1.54) is 13.8 Å². The SMILES string of the molecule is COc1ccc2c3c1O[C@@H]1C(OC(=O)CCC(=O)O[C@@H](C)C(=O)O[C@@H](C)C(=O)O)=CC[C@]4(O)[C@@H](CCC[C@@]314)C2. The summed E-state index contributed by atoms with van der Waals surface area (Å²) >= 11 is 0. The molecule has 0 radical (unpaired) electrons. The first-order valence-corrected chi connectivity index (χ1v) is 13.1. The zero-order valence-corrected chi connectivity index (χ0v) is 22.1. The molecule has 1 aromatic rings. The first-order valence-electron chi connectivity index (χ1n) is 13.1. The Labute approximate surface area is 225 Å². The smallest absolute Gasteiger partial charge is 0.347 e. The predicted octanol–water partition coefficient (Wildman–Crippen LogP) is 2.34. The van der Waals surface area contributed by atoms with Gasteiger partial charge in [0.2, 0.25) is 0 Å². The van der Waals surface area contributed by atoms with Crippen LogP contribution in [0.4, 0.5) is 0 Å². The van der Waals surface area contributed by atoms with Crippen LogP contribution in [0.2, 0.25) is 0 Å². The van der Waals surface area contributed by atoms with E-state index in [1.807, 2.05) is 12.1 Å². The number of aliphatic carboxylic acids is 1. The second-order valence-corrected chi connectivity index (χ2v) is 10.7. The molecule has 1 fully saturated rings. The molecule has 11 heteroatoms. The highest BCUT2D eigenvalue weighted by Gasteiger charge is 2.70. The molecule has 2 N–H and O–H groups in total. The number of hydrogen-bond donors (Lipinski definition) is 2. The summed E-state index contributed by atoms with van der Waals surface area (Å²) < 4.78 is 27.4. The number of aliphatic hydroxyl groups is 1. The van der Waals surface area contributed by atoms with Crippen LogP contribution in [0.1, 0.15) is 63.5 Å². The van der Waals surface area contributed by atoms with Crippen molar-refractivity contribution < 1.29 is 53.1 Å². The van der Waals surface area contributed by atoms with Crippen molar-refractivity contribution in [3.05, 3.63) is 35.1 Å². The van der Waals surface area contributed by atoms with Gasteiger partial charge in [-0.1, -0.05) is 12.5 Å². The number of methoxy groups -OCH3 is 1. The van der Waals surface area contributed by atoms with Gasteiger partial charge in [0.05, 0.1) is 31.0 Å². The fraction of sp³-hybridized carbons (Fsp3) is 0.571. The number of carboxylic acids is 1. The van der Waals surface area contributed by atoms with Crippen LogP contribution >= 0.6 is 0 Å². The van der Waals surface area contributed by atoms with E-state index in [-0.39, 0.29) is 18.8 Å². The highest BCUT2D eigenvalue weighted by atomic mass is 16.6. The Morgan fingerprint density at radius 3 is 2.56 bits per heavy atom. The van der Waals surface area contributed by atoms with Gasteiger partial charge < -0.3 is 33.9 Å². The van der Waals surface area contributed by atoms with Gasteiger partial charge in [-0.3, -0.25) is 9.59 Å². The Bertz CT molecular complexity index is 1250. The van der Waals surface area contributed by atoms with Crippen LogP contribution in [0.5, 0.6) is 11.5 Å². The molecule has 1 aliphatic heterocycles. The minimum absolute atomic E-state index is 0.0552. The van der Waals surface area contributed by atoms with Gasteiger partial charge in [0.15, 0.2) is 29.8 Å². The molecule has 0 unspecified atom stereocenters. The van der Waals surface area contributed by atoms with Crippen molar-refractivity contribution in [2.75, 3.05) is 7.11 Å². The summed E-state index contributed by atoms with van der Waals surface area (Å²) in [5.74, 6) is -2.39. The van der Waals surface area contributed by atoms with Crippen LogP contribution in [0.15, 0.2) is 24.0 Å². The van der Waals surface area contributed by atoms with Crippen molar-refractivity contribution in [3.8, 4) is 11.5 Å². The van der Waals surface area contributed by atoms with Crippen molar-refractivity contribution in [3.63, 3.8) is 0 Å². The quantitative estimate of drug-likeness (QED) is 0.348. The van der Waals surface area contributed by atoms with Gasteiger partial charge in [-0.2, -0.15) is 0 Å². The average Bonchev–Trinajstić information content (AvgIpc) is 3.24. The minimum Gasteiger partial charge on any atom is -0.493 e. The van der Waals surface area contributed by atoms with Crippen LogP contribution < -0.4 is 9.47 Å². The van der Waals surface area contributed by atoms with Crippen LogP contribution in [-0.2, 0) is 45.2 Å². The fourth-order valence-corrected chi connectivity index (χ4v) is 6.69. The molecule has 39 heavy (non-hydrogen) atoms. The summed E-state index contributed by atoms with van der Waals surface area (Å²) in [4.78, 5) is 47.7. The number of rotatable bonds is 9. The maximum absolute atomic E-state index is 12.8. The average molecular weight is 545 g/mol. The molecule has 3 aliphatic carbocycles. The monoisotopic (exact) mass is 544 g/mol. The molecule has 1 aromatic carbocycles. The Kier molecular flexibility index (Phi) is 6.82. The van der Waals surface area contributed by atoms with E-state index in [0.717, 1.165) is 30.4 Å². The van der Waals surface area contributed by atoms with E-state index < -0.39 is 53.2 Å². The van der Waals surface area contributed by atoms with Crippen LogP contribution in [-0.4, -0.2) is 65.1 Å². The van der Waals surface area contributed by atoms with Gasteiger partial charge in [-0.05, 0) is 63.2 Å². The third kappa shape index (κ3) is 4.23. The van der Waals surface area contributed by atoms with Crippen molar-refractivity contribution in [2.45, 2.75) is 88.1 Å². The lowest BCUT2D eigenvalue weighted by molar-refractivity contribution is -0.175. The molecule has 0 saturated heterocycles. The number of esters is 3. The van der Waals surface area contributed by atoms with Crippen LogP contribution in [0.25, 0.3) is 0 Å². The molecule has 0 amide bonds. The van der Waals surface area contributed by atoms with E-state index in [4.69, 9.17) is 24.1 Å². The fourth-order valence-electron chi connectivity index (χ4n) is 6.69. The summed E-state index contributed by atoms with van der Waals surface area (Å²) in [6, 6.07) is 3.89. The normalized spacial score (nSPS) is 29.1. The largest absolute Gasteiger partial charge is 0.493 e. The maximum Gasteiger partial charge on any atom is 0.347 e. The van der Waals surface area contributed by atoms with Crippen molar-refractivity contribution in [1.82, 2.24) is 0 Å². The lowest BCUT2D eigenvalue weighted by atomic mass is 9.47. The number of hydrogen-bond acceptors (Lipinski definition) is 10. The number of carbonyl (C=O) groups excluding carboxylic acids is 3. The molecule has 5 rings (SSSR count). The van der Waals surface area contributed by atoms with Crippen molar-refractivity contribution >= 4 is 23.9 Å². The van der Waals surface area contributed by atoms with Gasteiger partial charge >= 0.3 is 23.9 Å². The van der Waals surface area contributed by atoms with E-state index >= 15 is 0 Å². The Morgan fingerprint density at radius 1 is 1.10 bits per heavy atom. The number of carbonyl (C=O) groups is 4. The molecule has 6 atom stereocenters. The minimum atomic E-state index is -1.39. The standard InChI is InChI=1S/C28H32O11/c1-14(25(31)32)37-26(33)15(2)36-20(29)8-9-21(30)38-19-10-12-28(34)17-5-4-11-27(28)22-16(13-17)6-7-18(35-3)23(22)39-24(19)27/h6-7,10,14-15,17,24,34H,4-5,8-9,11-13H2,1-3H3,(H,31,32)/t14-,15-,17-,24+,27+,28-/m0/s1. The highest BCUT2D eigenvalue weighted by molar-refractivity contribution is 5.83. The zero-order valence-electron chi connectivity index (χ0n) is 22.1. The first-order chi connectivity index (χ1) is 18.5. The molecule has 11 nitrogen and oxygen atoms in total. The van der Waals surface area contributed by atoms with Gasteiger partial charge in [0.1, 0.15) is 5.76 Å². The Hall–Kier alpha value is -3.60. The maximum atomic E-state index is 12.8. The molecule has 1 spiro atoms. The summed E-state index contributed by atoms with van der Waals surface area (Å²) in [6.45, 7) is 2.43. The first kappa shape index (κ1) is 27.0. The Balaban J connectivity index is 1.27. The molecule has 1 heterocycles. The summed E-state index contributed by atoms with van der Waals surface area (Å²) in [6.07, 6.45) is 1.12. The van der Waals surface area contributed by atoms with Gasteiger partial charge in [0.25, 0.3) is 0 Å². The second kappa shape index (κ2) is 9.86. The number of carboxylic acid groups (broad SMARTS) is 1. The molecular formula is C28H32O11. The van der Waals surface area contributed by atoms with Crippen LogP contribution in [0, 0.1) is 5.92 Å². The molecule has 4 aliphatic rings. The zero-order chi connectivity index (χ0) is 28.1. The summed E-state index contributed by atoms with van der Waals surface area (Å²) in [5, 5.41) is 20.9. The van der Waals surface area contributed by atoms with E-state index in [2.05, 4.69) is 4.74 Å². The van der Waals surface area contributed by atoms with E-state index in [0.29, 0.717) is 30.1 Å². The third-order valence-electron chi connectivity index (χ3n) is 8.51. The molecular weight excluding hydrogens is 512 g/mol. The second-order valence-electron chi connectivity index (χ2n) is 10.7. The molecule has 2 bridgehead atoms. The lowest BCUT2D eigenvalue weighted by Crippen LogP contribution is -2.67. The van der Waals surface area contributed by atoms with E-state index in [1.54, 1.807) is 13.2 Å². The van der Waals surface area contributed by atoms with Crippen LogP contribution in [0.3, 0.4) is 0 Å². The molecule has 0 aromatic heterocycles. The lowest BCUT2D eigenvalue weighted by Gasteiger charge is -2.59. The van der Waals surface area contributed by atoms with Crippen molar-refractivity contribution in [1.29, 1.82) is 0 Å².